The monoisotopic (exact) mass is 257 g/mol. The fourth-order valence-corrected chi connectivity index (χ4v) is 2.19. The summed E-state index contributed by atoms with van der Waals surface area (Å²) in [6, 6.07) is 0. The van der Waals surface area contributed by atoms with Gasteiger partial charge in [0.15, 0.2) is 0 Å². The van der Waals surface area contributed by atoms with Gasteiger partial charge in [-0.25, -0.2) is 0 Å². The van der Waals surface area contributed by atoms with Crippen molar-refractivity contribution in [1.29, 1.82) is 0 Å². The molecule has 2 atom stereocenters. The van der Waals surface area contributed by atoms with Crippen LogP contribution in [0.25, 0.3) is 0 Å². The van der Waals surface area contributed by atoms with Gasteiger partial charge in [0.2, 0.25) is 5.91 Å². The zero-order chi connectivity index (χ0) is 13.9. The third-order valence-electron chi connectivity index (χ3n) is 3.17. The van der Waals surface area contributed by atoms with Crippen molar-refractivity contribution < 1.29 is 19.4 Å². The van der Waals surface area contributed by atoms with Crippen LogP contribution < -0.4 is 0 Å². The van der Waals surface area contributed by atoms with Crippen molar-refractivity contribution >= 4 is 11.9 Å². The van der Waals surface area contributed by atoms with Crippen LogP contribution in [0, 0.1) is 5.92 Å². The summed E-state index contributed by atoms with van der Waals surface area (Å²) in [7, 11) is 0. The number of rotatable bonds is 4. The van der Waals surface area contributed by atoms with Gasteiger partial charge in [0.1, 0.15) is 0 Å². The maximum absolute atomic E-state index is 12.4. The molecular weight excluding hydrogens is 234 g/mol. The van der Waals surface area contributed by atoms with Crippen LogP contribution in [0.3, 0.4) is 0 Å². The molecule has 0 aliphatic carbocycles. The molecule has 1 heterocycles. The van der Waals surface area contributed by atoms with Crippen molar-refractivity contribution in [3.05, 3.63) is 0 Å². The van der Waals surface area contributed by atoms with Crippen molar-refractivity contribution in [2.45, 2.75) is 52.2 Å². The van der Waals surface area contributed by atoms with Crippen LogP contribution >= 0.6 is 0 Å². The van der Waals surface area contributed by atoms with Gasteiger partial charge in [-0.05, 0) is 34.1 Å². The third-order valence-corrected chi connectivity index (χ3v) is 3.17. The highest BCUT2D eigenvalue weighted by atomic mass is 16.5. The van der Waals surface area contributed by atoms with Crippen molar-refractivity contribution in [2.75, 3.05) is 13.2 Å². The molecule has 1 N–H and O–H groups in total. The highest BCUT2D eigenvalue weighted by molar-refractivity contribution is 5.80. The number of nitrogens with zero attached hydrogens (tertiary/aromatic N) is 1. The number of aliphatic carboxylic acids is 1. The third kappa shape index (κ3) is 3.98. The van der Waals surface area contributed by atoms with Gasteiger partial charge in [-0.15, -0.1) is 0 Å². The summed E-state index contributed by atoms with van der Waals surface area (Å²) >= 11 is 0. The molecule has 5 heteroatoms. The lowest BCUT2D eigenvalue weighted by molar-refractivity contribution is -0.143. The van der Waals surface area contributed by atoms with E-state index in [9.17, 15) is 9.59 Å². The predicted octanol–water partition coefficient (Wildman–Crippen LogP) is 1.51. The van der Waals surface area contributed by atoms with Crippen molar-refractivity contribution in [3.63, 3.8) is 0 Å². The Bertz CT molecular complexity index is 321. The molecule has 1 aliphatic heterocycles. The first-order chi connectivity index (χ1) is 8.21. The van der Waals surface area contributed by atoms with Crippen LogP contribution in [-0.4, -0.2) is 46.7 Å². The summed E-state index contributed by atoms with van der Waals surface area (Å²) in [5.74, 6) is -1.01. The Kier molecular flexibility index (Phi) is 4.73. The lowest BCUT2D eigenvalue weighted by Gasteiger charge is -2.37. The normalized spacial score (nSPS) is 24.0. The molecule has 0 aromatic heterocycles. The maximum atomic E-state index is 12.4. The Labute approximate surface area is 108 Å². The summed E-state index contributed by atoms with van der Waals surface area (Å²) < 4.78 is 5.41. The Hall–Kier alpha value is -1.10. The van der Waals surface area contributed by atoms with E-state index in [1.807, 2.05) is 27.7 Å². The van der Waals surface area contributed by atoms with Gasteiger partial charge in [0, 0.05) is 12.1 Å². The van der Waals surface area contributed by atoms with Crippen molar-refractivity contribution in [1.82, 2.24) is 4.90 Å². The zero-order valence-corrected chi connectivity index (χ0v) is 11.6. The number of ether oxygens (including phenoxy) is 1. The molecule has 1 saturated heterocycles. The van der Waals surface area contributed by atoms with Crippen LogP contribution in [-0.2, 0) is 14.3 Å². The molecule has 0 bridgehead atoms. The molecule has 104 valence electrons. The molecule has 0 radical (unpaired) electrons. The molecule has 0 spiro atoms. The molecule has 1 amide bonds. The Morgan fingerprint density at radius 2 is 2.00 bits per heavy atom. The summed E-state index contributed by atoms with van der Waals surface area (Å²) in [5, 5.41) is 8.75. The molecule has 0 aromatic carbocycles. The largest absolute Gasteiger partial charge is 0.481 e. The highest BCUT2D eigenvalue weighted by Gasteiger charge is 2.35. The van der Waals surface area contributed by atoms with Crippen LogP contribution in [0.4, 0.5) is 0 Å². The number of hydrogen-bond donors (Lipinski definition) is 1. The summed E-state index contributed by atoms with van der Waals surface area (Å²) in [6.45, 7) is 8.41. The standard InChI is InChI=1S/C13H23NO4/c1-9-7-10(8-18-9)12(17)14(13(2,3)4)6-5-11(15)16/h9-10H,5-8H2,1-4H3,(H,15,16). The highest BCUT2D eigenvalue weighted by Crippen LogP contribution is 2.25. The molecular formula is C13H23NO4. The number of carboxylic acid groups (broad SMARTS) is 1. The molecule has 1 fully saturated rings. The second-order valence-corrected chi connectivity index (χ2v) is 5.88. The van der Waals surface area contributed by atoms with E-state index in [1.165, 1.54) is 0 Å². The first-order valence-corrected chi connectivity index (χ1v) is 6.36. The van der Waals surface area contributed by atoms with E-state index < -0.39 is 5.97 Å². The minimum absolute atomic E-state index is 0.00750. The molecule has 18 heavy (non-hydrogen) atoms. The number of carbonyl (C=O) groups is 2. The van der Waals surface area contributed by atoms with Crippen LogP contribution in [0.2, 0.25) is 0 Å². The number of amides is 1. The van der Waals surface area contributed by atoms with Gasteiger partial charge in [-0.1, -0.05) is 0 Å². The van der Waals surface area contributed by atoms with Gasteiger partial charge in [-0.2, -0.15) is 0 Å². The van der Waals surface area contributed by atoms with Gasteiger partial charge in [0.05, 0.1) is 25.0 Å². The minimum atomic E-state index is -0.881. The van der Waals surface area contributed by atoms with Crippen LogP contribution in [0.1, 0.15) is 40.5 Å². The van der Waals surface area contributed by atoms with Crippen molar-refractivity contribution in [2.24, 2.45) is 5.92 Å². The van der Waals surface area contributed by atoms with E-state index >= 15 is 0 Å². The smallest absolute Gasteiger partial charge is 0.305 e. The Balaban J connectivity index is 2.70. The van der Waals surface area contributed by atoms with E-state index in [-0.39, 0.29) is 36.4 Å². The number of hydrogen-bond acceptors (Lipinski definition) is 3. The predicted molar refractivity (Wildman–Crippen MR) is 67.2 cm³/mol. The summed E-state index contributed by atoms with van der Waals surface area (Å²) in [4.78, 5) is 24.7. The van der Waals surface area contributed by atoms with Crippen LogP contribution in [0.5, 0.6) is 0 Å². The molecule has 2 unspecified atom stereocenters. The van der Waals surface area contributed by atoms with Crippen LogP contribution in [0.15, 0.2) is 0 Å². The van der Waals surface area contributed by atoms with Gasteiger partial charge in [0.25, 0.3) is 0 Å². The van der Waals surface area contributed by atoms with E-state index in [0.29, 0.717) is 6.61 Å². The lowest BCUT2D eigenvalue weighted by Crippen LogP contribution is -2.49. The molecule has 1 aliphatic rings. The van der Waals surface area contributed by atoms with E-state index in [0.717, 1.165) is 6.42 Å². The Morgan fingerprint density at radius 1 is 1.39 bits per heavy atom. The minimum Gasteiger partial charge on any atom is -0.481 e. The number of carboxylic acids is 1. The fraction of sp³-hybridized carbons (Fsp3) is 0.846. The molecule has 0 aromatic rings. The zero-order valence-electron chi connectivity index (χ0n) is 11.6. The first-order valence-electron chi connectivity index (χ1n) is 6.36. The quantitative estimate of drug-likeness (QED) is 0.829. The fourth-order valence-electron chi connectivity index (χ4n) is 2.19. The van der Waals surface area contributed by atoms with E-state index in [1.54, 1.807) is 4.90 Å². The number of carbonyl (C=O) groups excluding carboxylic acids is 1. The van der Waals surface area contributed by atoms with Gasteiger partial charge < -0.3 is 14.7 Å². The second kappa shape index (κ2) is 5.69. The van der Waals surface area contributed by atoms with E-state index in [2.05, 4.69) is 0 Å². The SMILES string of the molecule is CC1CC(C(=O)N(CCC(=O)O)C(C)(C)C)CO1. The Morgan fingerprint density at radius 3 is 2.39 bits per heavy atom. The van der Waals surface area contributed by atoms with Gasteiger partial charge >= 0.3 is 5.97 Å². The second-order valence-electron chi connectivity index (χ2n) is 5.88. The molecule has 5 nitrogen and oxygen atoms in total. The maximum Gasteiger partial charge on any atom is 0.305 e. The molecule has 0 saturated carbocycles. The average molecular weight is 257 g/mol. The summed E-state index contributed by atoms with van der Waals surface area (Å²) in [6.07, 6.45) is 0.810. The molecule has 1 rings (SSSR count). The first kappa shape index (κ1) is 15.0. The summed E-state index contributed by atoms with van der Waals surface area (Å²) in [5.41, 5.74) is -0.363. The van der Waals surface area contributed by atoms with E-state index in [4.69, 9.17) is 9.84 Å². The average Bonchev–Trinajstić information content (AvgIpc) is 2.62. The lowest BCUT2D eigenvalue weighted by atomic mass is 9.99. The van der Waals surface area contributed by atoms with Gasteiger partial charge in [-0.3, -0.25) is 9.59 Å². The topological polar surface area (TPSA) is 66.8 Å². The van der Waals surface area contributed by atoms with Crippen molar-refractivity contribution in [3.8, 4) is 0 Å².